The van der Waals surface area contributed by atoms with Gasteiger partial charge in [-0.25, -0.2) is 4.79 Å². The number of esters is 1. The highest BCUT2D eigenvalue weighted by Gasteiger charge is 2.29. The van der Waals surface area contributed by atoms with Crippen molar-refractivity contribution in [1.29, 1.82) is 0 Å². The van der Waals surface area contributed by atoms with E-state index < -0.39 is 0 Å². The van der Waals surface area contributed by atoms with Crippen molar-refractivity contribution in [3.63, 3.8) is 0 Å². The molecular weight excluding hydrogens is 288 g/mol. The van der Waals surface area contributed by atoms with Crippen LogP contribution in [0.1, 0.15) is 52.7 Å². The molecule has 0 aromatic heterocycles. The second kappa shape index (κ2) is 6.45. The molecule has 23 heavy (non-hydrogen) atoms. The van der Waals surface area contributed by atoms with Crippen molar-refractivity contribution in [1.82, 2.24) is 0 Å². The van der Waals surface area contributed by atoms with Crippen LogP contribution in [-0.4, -0.2) is 19.2 Å². The molecule has 3 nitrogen and oxygen atoms in total. The largest absolute Gasteiger partial charge is 0.490 e. The maximum absolute atomic E-state index is 12.0. The fourth-order valence-electron chi connectivity index (χ4n) is 3.25. The molecule has 0 N–H and O–H groups in total. The van der Waals surface area contributed by atoms with Crippen LogP contribution >= 0.6 is 0 Å². The number of ether oxygens (including phenoxy) is 2. The second-order valence-electron chi connectivity index (χ2n) is 6.04. The minimum absolute atomic E-state index is 0.206. The summed E-state index contributed by atoms with van der Waals surface area (Å²) in [6.45, 7) is 4.08. The number of carbonyl (C=O) groups is 1. The highest BCUT2D eigenvalue weighted by atomic mass is 16.5. The smallest absolute Gasteiger partial charge is 0.338 e. The van der Waals surface area contributed by atoms with Crippen LogP contribution in [0.5, 0.6) is 5.75 Å². The quantitative estimate of drug-likeness (QED) is 0.784. The molecule has 3 heteroatoms. The van der Waals surface area contributed by atoms with Crippen LogP contribution in [0.15, 0.2) is 42.5 Å². The number of carbonyl (C=O) groups excluding carboxylic acids is 1. The van der Waals surface area contributed by atoms with E-state index in [1.54, 1.807) is 0 Å². The predicted octanol–water partition coefficient (Wildman–Crippen LogP) is 4.47. The van der Waals surface area contributed by atoms with Gasteiger partial charge in [0, 0.05) is 11.5 Å². The van der Waals surface area contributed by atoms with Gasteiger partial charge in [0.15, 0.2) is 0 Å². The SMILES string of the molecule is CC[C@H]1CC(c2ccc(C)c(C(=O)OC)c2)c2ccccc2O1. The minimum Gasteiger partial charge on any atom is -0.490 e. The molecule has 3 rings (SSSR count). The summed E-state index contributed by atoms with van der Waals surface area (Å²) in [6.07, 6.45) is 2.11. The lowest BCUT2D eigenvalue weighted by Crippen LogP contribution is -2.25. The molecule has 0 spiro atoms. The number of para-hydroxylation sites is 1. The summed E-state index contributed by atoms with van der Waals surface area (Å²) in [4.78, 5) is 12.0. The van der Waals surface area contributed by atoms with E-state index in [1.165, 1.54) is 12.7 Å². The Morgan fingerprint density at radius 3 is 2.78 bits per heavy atom. The normalized spacial score (nSPS) is 19.6. The lowest BCUT2D eigenvalue weighted by Gasteiger charge is -2.32. The van der Waals surface area contributed by atoms with E-state index in [2.05, 4.69) is 19.1 Å². The molecule has 0 saturated carbocycles. The maximum atomic E-state index is 12.0. The monoisotopic (exact) mass is 310 g/mol. The van der Waals surface area contributed by atoms with Gasteiger partial charge in [-0.1, -0.05) is 37.3 Å². The first-order valence-corrected chi connectivity index (χ1v) is 8.08. The molecule has 2 atom stereocenters. The molecule has 0 bridgehead atoms. The first-order chi connectivity index (χ1) is 11.1. The van der Waals surface area contributed by atoms with Gasteiger partial charge in [0.1, 0.15) is 5.75 Å². The van der Waals surface area contributed by atoms with Crippen LogP contribution in [0.3, 0.4) is 0 Å². The Labute approximate surface area is 137 Å². The van der Waals surface area contributed by atoms with E-state index in [9.17, 15) is 4.79 Å². The van der Waals surface area contributed by atoms with Gasteiger partial charge in [-0.05, 0) is 43.0 Å². The zero-order valence-corrected chi connectivity index (χ0v) is 13.8. The van der Waals surface area contributed by atoms with Gasteiger partial charge in [-0.15, -0.1) is 0 Å². The lowest BCUT2D eigenvalue weighted by molar-refractivity contribution is 0.0599. The first kappa shape index (κ1) is 15.6. The lowest BCUT2D eigenvalue weighted by atomic mass is 9.82. The number of benzene rings is 2. The highest BCUT2D eigenvalue weighted by molar-refractivity contribution is 5.91. The van der Waals surface area contributed by atoms with E-state index >= 15 is 0 Å². The number of methoxy groups -OCH3 is 1. The summed E-state index contributed by atoms with van der Waals surface area (Å²) in [5.74, 6) is 0.918. The number of hydrogen-bond donors (Lipinski definition) is 0. The van der Waals surface area contributed by atoms with Gasteiger partial charge in [0.05, 0.1) is 18.8 Å². The summed E-state index contributed by atoms with van der Waals surface area (Å²) in [6, 6.07) is 14.3. The standard InChI is InChI=1S/C20H22O3/c1-4-15-12-18(16-7-5-6-8-19(16)23-15)14-10-9-13(2)17(11-14)20(21)22-3/h5-11,15,18H,4,12H2,1-3H3/t15-,18?/m0/s1. The molecule has 0 amide bonds. The summed E-state index contributed by atoms with van der Waals surface area (Å²) in [5.41, 5.74) is 3.91. The van der Waals surface area contributed by atoms with Crippen molar-refractivity contribution in [3.05, 3.63) is 64.7 Å². The Kier molecular flexibility index (Phi) is 4.37. The summed E-state index contributed by atoms with van der Waals surface area (Å²) in [5, 5.41) is 0. The van der Waals surface area contributed by atoms with Gasteiger partial charge < -0.3 is 9.47 Å². The van der Waals surface area contributed by atoms with E-state index in [-0.39, 0.29) is 18.0 Å². The van der Waals surface area contributed by atoms with Crippen LogP contribution in [0.4, 0.5) is 0 Å². The fourth-order valence-corrected chi connectivity index (χ4v) is 3.25. The highest BCUT2D eigenvalue weighted by Crippen LogP contribution is 2.41. The van der Waals surface area contributed by atoms with Crippen LogP contribution in [0.25, 0.3) is 0 Å². The Hall–Kier alpha value is -2.29. The van der Waals surface area contributed by atoms with Crippen LogP contribution in [0.2, 0.25) is 0 Å². The fraction of sp³-hybridized carbons (Fsp3) is 0.350. The third-order valence-electron chi connectivity index (χ3n) is 4.61. The Bertz CT molecular complexity index is 721. The van der Waals surface area contributed by atoms with Gasteiger partial charge >= 0.3 is 5.97 Å². The van der Waals surface area contributed by atoms with Crippen molar-refractivity contribution in [2.24, 2.45) is 0 Å². The molecule has 1 unspecified atom stereocenters. The second-order valence-corrected chi connectivity index (χ2v) is 6.04. The van der Waals surface area contributed by atoms with Crippen LogP contribution in [-0.2, 0) is 4.74 Å². The Morgan fingerprint density at radius 2 is 2.04 bits per heavy atom. The number of hydrogen-bond acceptors (Lipinski definition) is 3. The molecule has 2 aromatic rings. The van der Waals surface area contributed by atoms with Gasteiger partial charge in [0.2, 0.25) is 0 Å². The van der Waals surface area contributed by atoms with E-state index in [1.807, 2.05) is 37.3 Å². The van der Waals surface area contributed by atoms with Gasteiger partial charge in [0.25, 0.3) is 0 Å². The molecule has 1 heterocycles. The molecule has 0 aliphatic carbocycles. The molecule has 0 radical (unpaired) electrons. The van der Waals surface area contributed by atoms with E-state index in [0.717, 1.165) is 29.7 Å². The average molecular weight is 310 g/mol. The van der Waals surface area contributed by atoms with Crippen molar-refractivity contribution in [2.75, 3.05) is 7.11 Å². The van der Waals surface area contributed by atoms with E-state index in [4.69, 9.17) is 9.47 Å². The zero-order chi connectivity index (χ0) is 16.4. The van der Waals surface area contributed by atoms with Crippen molar-refractivity contribution in [3.8, 4) is 5.75 Å². The minimum atomic E-state index is -0.281. The predicted molar refractivity (Wildman–Crippen MR) is 90.1 cm³/mol. The summed E-state index contributed by atoms with van der Waals surface area (Å²) in [7, 11) is 1.42. The average Bonchev–Trinajstić information content (AvgIpc) is 2.60. The summed E-state index contributed by atoms with van der Waals surface area (Å²) >= 11 is 0. The molecule has 120 valence electrons. The van der Waals surface area contributed by atoms with Gasteiger partial charge in [-0.3, -0.25) is 0 Å². The number of aryl methyl sites for hydroxylation is 1. The third-order valence-corrected chi connectivity index (χ3v) is 4.61. The molecule has 1 aliphatic heterocycles. The topological polar surface area (TPSA) is 35.5 Å². The molecule has 0 fully saturated rings. The molecule has 1 aliphatic rings. The molecule has 0 saturated heterocycles. The van der Waals surface area contributed by atoms with Crippen LogP contribution < -0.4 is 4.74 Å². The number of rotatable bonds is 3. The maximum Gasteiger partial charge on any atom is 0.338 e. The molecule has 2 aromatic carbocycles. The third kappa shape index (κ3) is 2.96. The Morgan fingerprint density at radius 1 is 1.26 bits per heavy atom. The van der Waals surface area contributed by atoms with E-state index in [0.29, 0.717) is 5.56 Å². The van der Waals surface area contributed by atoms with Crippen LogP contribution in [0, 0.1) is 6.92 Å². The molecular formula is C20H22O3. The zero-order valence-electron chi connectivity index (χ0n) is 13.8. The van der Waals surface area contributed by atoms with Gasteiger partial charge in [-0.2, -0.15) is 0 Å². The Balaban J connectivity index is 2.05. The van der Waals surface area contributed by atoms with Crippen molar-refractivity contribution in [2.45, 2.75) is 38.7 Å². The first-order valence-electron chi connectivity index (χ1n) is 8.08. The number of fused-ring (bicyclic) bond motifs is 1. The summed E-state index contributed by atoms with van der Waals surface area (Å²) < 4.78 is 11.0. The van der Waals surface area contributed by atoms with Crippen molar-refractivity contribution < 1.29 is 14.3 Å². The van der Waals surface area contributed by atoms with Crippen molar-refractivity contribution >= 4 is 5.97 Å².